The summed E-state index contributed by atoms with van der Waals surface area (Å²) in [4.78, 5) is 3.95. The number of pyridine rings is 1. The lowest BCUT2D eigenvalue weighted by molar-refractivity contribution is 0.227. The molecular weight excluding hydrogens is 282 g/mol. The van der Waals surface area contributed by atoms with Crippen molar-refractivity contribution in [1.29, 1.82) is 0 Å². The lowest BCUT2D eigenvalue weighted by Crippen LogP contribution is -1.99. The molecular formula is C17H19NO4. The molecule has 1 atom stereocenters. The van der Waals surface area contributed by atoms with E-state index in [0.717, 1.165) is 5.56 Å². The predicted molar refractivity (Wildman–Crippen MR) is 84.3 cm³/mol. The molecule has 5 heteroatoms. The van der Waals surface area contributed by atoms with E-state index < -0.39 is 6.10 Å². The van der Waals surface area contributed by atoms with Gasteiger partial charge < -0.3 is 19.3 Å². The lowest BCUT2D eigenvalue weighted by atomic mass is 10.1. The van der Waals surface area contributed by atoms with Crippen molar-refractivity contribution in [2.75, 3.05) is 21.3 Å². The van der Waals surface area contributed by atoms with Gasteiger partial charge in [0.05, 0.1) is 27.4 Å². The van der Waals surface area contributed by atoms with Crippen molar-refractivity contribution in [2.45, 2.75) is 6.10 Å². The molecule has 2 rings (SSSR count). The number of hydrogen-bond acceptors (Lipinski definition) is 5. The largest absolute Gasteiger partial charge is 0.493 e. The van der Waals surface area contributed by atoms with Gasteiger partial charge in [-0.3, -0.25) is 4.98 Å². The van der Waals surface area contributed by atoms with Crippen LogP contribution in [0.4, 0.5) is 0 Å². The molecule has 0 amide bonds. The number of benzene rings is 1. The predicted octanol–water partition coefficient (Wildman–Crippen LogP) is 2.85. The van der Waals surface area contributed by atoms with Crippen LogP contribution in [0.15, 0.2) is 42.7 Å². The Morgan fingerprint density at radius 3 is 2.09 bits per heavy atom. The van der Waals surface area contributed by atoms with E-state index in [1.54, 1.807) is 51.9 Å². The molecule has 0 spiro atoms. The van der Waals surface area contributed by atoms with E-state index in [4.69, 9.17) is 14.2 Å². The number of aliphatic hydroxyl groups excluding tert-OH is 1. The van der Waals surface area contributed by atoms with E-state index in [1.807, 2.05) is 18.2 Å². The van der Waals surface area contributed by atoms with Crippen molar-refractivity contribution >= 4 is 6.08 Å². The maximum atomic E-state index is 10.3. The summed E-state index contributed by atoms with van der Waals surface area (Å²) in [7, 11) is 4.63. The summed E-state index contributed by atoms with van der Waals surface area (Å²) >= 11 is 0. The summed E-state index contributed by atoms with van der Waals surface area (Å²) in [6, 6.07) is 7.17. The number of aromatic nitrogens is 1. The highest BCUT2D eigenvalue weighted by molar-refractivity contribution is 5.56. The highest BCUT2D eigenvalue weighted by Crippen LogP contribution is 2.39. The van der Waals surface area contributed by atoms with Crippen LogP contribution < -0.4 is 14.2 Å². The molecule has 0 fully saturated rings. The van der Waals surface area contributed by atoms with E-state index >= 15 is 0 Å². The van der Waals surface area contributed by atoms with Gasteiger partial charge in [-0.2, -0.15) is 0 Å². The maximum Gasteiger partial charge on any atom is 0.203 e. The molecule has 1 aromatic carbocycles. The molecule has 0 aliphatic rings. The second kappa shape index (κ2) is 7.47. The number of aliphatic hydroxyl groups is 1. The van der Waals surface area contributed by atoms with E-state index in [9.17, 15) is 5.11 Å². The van der Waals surface area contributed by atoms with Gasteiger partial charge in [0.1, 0.15) is 0 Å². The van der Waals surface area contributed by atoms with Gasteiger partial charge in [-0.25, -0.2) is 0 Å². The number of hydrogen-bond donors (Lipinski definition) is 1. The zero-order chi connectivity index (χ0) is 15.9. The minimum absolute atomic E-state index is 0.499. The van der Waals surface area contributed by atoms with E-state index in [1.165, 1.54) is 0 Å². The summed E-state index contributed by atoms with van der Waals surface area (Å²) < 4.78 is 15.8. The third-order valence-electron chi connectivity index (χ3n) is 3.21. The quantitative estimate of drug-likeness (QED) is 0.889. The van der Waals surface area contributed by atoms with Crippen molar-refractivity contribution in [1.82, 2.24) is 4.98 Å². The minimum Gasteiger partial charge on any atom is -0.493 e. The van der Waals surface area contributed by atoms with Crippen LogP contribution in [0.25, 0.3) is 6.08 Å². The Morgan fingerprint density at radius 2 is 1.59 bits per heavy atom. The first-order valence-electron chi connectivity index (χ1n) is 6.75. The number of rotatable bonds is 6. The molecule has 0 radical (unpaired) electrons. The summed E-state index contributed by atoms with van der Waals surface area (Å²) in [5.74, 6) is 1.51. The van der Waals surface area contributed by atoms with E-state index in [-0.39, 0.29) is 0 Å². The Morgan fingerprint density at radius 1 is 1.00 bits per heavy atom. The van der Waals surface area contributed by atoms with Gasteiger partial charge in [0.25, 0.3) is 0 Å². The monoisotopic (exact) mass is 301 g/mol. The smallest absolute Gasteiger partial charge is 0.203 e. The first-order chi connectivity index (χ1) is 10.7. The fourth-order valence-electron chi connectivity index (χ4n) is 2.06. The second-order valence-electron chi connectivity index (χ2n) is 4.54. The van der Waals surface area contributed by atoms with Gasteiger partial charge in [0, 0.05) is 12.4 Å². The Labute approximate surface area is 129 Å². The fraction of sp³-hybridized carbons (Fsp3) is 0.235. The standard InChI is InChI=1S/C17H19NO4/c1-20-15-10-13(11-16(21-2)17(15)22-3)14(19)5-4-12-6-8-18-9-7-12/h4-11,14,19H,1-3H3/b5-4+. The van der Waals surface area contributed by atoms with Gasteiger partial charge in [-0.1, -0.05) is 12.2 Å². The highest BCUT2D eigenvalue weighted by Gasteiger charge is 2.15. The molecule has 0 bridgehead atoms. The zero-order valence-electron chi connectivity index (χ0n) is 12.8. The van der Waals surface area contributed by atoms with Crippen LogP contribution in [0.2, 0.25) is 0 Å². The van der Waals surface area contributed by atoms with E-state index in [2.05, 4.69) is 4.98 Å². The molecule has 2 aromatic rings. The Balaban J connectivity index is 2.29. The van der Waals surface area contributed by atoms with Crippen LogP contribution in [0.1, 0.15) is 17.2 Å². The molecule has 1 unspecified atom stereocenters. The van der Waals surface area contributed by atoms with Crippen molar-refractivity contribution < 1.29 is 19.3 Å². The molecule has 5 nitrogen and oxygen atoms in total. The molecule has 0 saturated carbocycles. The van der Waals surface area contributed by atoms with Crippen molar-refractivity contribution in [3.8, 4) is 17.2 Å². The van der Waals surface area contributed by atoms with Gasteiger partial charge in [-0.05, 0) is 35.4 Å². The average molecular weight is 301 g/mol. The molecule has 0 aliphatic carbocycles. The van der Waals surface area contributed by atoms with Crippen LogP contribution in [0.5, 0.6) is 17.2 Å². The number of ether oxygens (including phenoxy) is 3. The SMILES string of the molecule is COc1cc(C(O)/C=C/c2ccncc2)cc(OC)c1OC. The first-order valence-corrected chi connectivity index (χ1v) is 6.75. The van der Waals surface area contributed by atoms with Crippen LogP contribution in [-0.4, -0.2) is 31.4 Å². The molecule has 1 aromatic heterocycles. The third kappa shape index (κ3) is 3.56. The van der Waals surface area contributed by atoms with Gasteiger partial charge in [0.2, 0.25) is 5.75 Å². The third-order valence-corrected chi connectivity index (χ3v) is 3.21. The summed E-state index contributed by atoms with van der Waals surface area (Å²) in [5, 5.41) is 10.3. The number of methoxy groups -OCH3 is 3. The van der Waals surface area contributed by atoms with Gasteiger partial charge >= 0.3 is 0 Å². The summed E-state index contributed by atoms with van der Waals surface area (Å²) in [6.07, 6.45) is 6.13. The van der Waals surface area contributed by atoms with Crippen molar-refractivity contribution in [2.24, 2.45) is 0 Å². The maximum absolute atomic E-state index is 10.3. The normalized spacial score (nSPS) is 12.2. The topological polar surface area (TPSA) is 60.8 Å². The summed E-state index contributed by atoms with van der Waals surface area (Å²) in [5.41, 5.74) is 1.61. The fourth-order valence-corrected chi connectivity index (χ4v) is 2.06. The van der Waals surface area contributed by atoms with Crippen LogP contribution >= 0.6 is 0 Å². The second-order valence-corrected chi connectivity index (χ2v) is 4.54. The van der Waals surface area contributed by atoms with Crippen LogP contribution in [0, 0.1) is 0 Å². The Kier molecular flexibility index (Phi) is 5.38. The summed E-state index contributed by atoms with van der Waals surface area (Å²) in [6.45, 7) is 0. The molecule has 0 aliphatic heterocycles. The molecule has 0 saturated heterocycles. The van der Waals surface area contributed by atoms with Crippen molar-refractivity contribution in [3.05, 3.63) is 53.9 Å². The van der Waals surface area contributed by atoms with Crippen molar-refractivity contribution in [3.63, 3.8) is 0 Å². The van der Waals surface area contributed by atoms with Crippen LogP contribution in [-0.2, 0) is 0 Å². The minimum atomic E-state index is -0.790. The Bertz CT molecular complexity index is 615. The molecule has 22 heavy (non-hydrogen) atoms. The van der Waals surface area contributed by atoms with Crippen LogP contribution in [0.3, 0.4) is 0 Å². The lowest BCUT2D eigenvalue weighted by Gasteiger charge is -2.15. The van der Waals surface area contributed by atoms with E-state index in [0.29, 0.717) is 22.8 Å². The molecule has 1 N–H and O–H groups in total. The zero-order valence-corrected chi connectivity index (χ0v) is 12.8. The van der Waals surface area contributed by atoms with Gasteiger partial charge in [0.15, 0.2) is 11.5 Å². The average Bonchev–Trinajstić information content (AvgIpc) is 2.59. The van der Waals surface area contributed by atoms with Gasteiger partial charge in [-0.15, -0.1) is 0 Å². The molecule has 1 heterocycles. The molecule has 116 valence electrons. The number of nitrogens with zero attached hydrogens (tertiary/aromatic N) is 1. The highest BCUT2D eigenvalue weighted by atomic mass is 16.5. The first kappa shape index (κ1) is 15.9. The Hall–Kier alpha value is -2.53.